The summed E-state index contributed by atoms with van der Waals surface area (Å²) in [4.78, 5) is 21.3. The first-order valence-electron chi connectivity index (χ1n) is 8.40. The number of unbranched alkanes of at least 4 members (excludes halogenated alkanes) is 10. The van der Waals surface area contributed by atoms with Crippen LogP contribution in [-0.2, 0) is 29.3 Å². The van der Waals surface area contributed by atoms with Gasteiger partial charge in [0.1, 0.15) is 12.9 Å². The van der Waals surface area contributed by atoms with E-state index in [2.05, 4.69) is 15.3 Å². The maximum absolute atomic E-state index is 11.3. The number of carbonyl (C=O) groups is 2. The average Bonchev–Trinajstić information content (AvgIpc) is 2.50. The van der Waals surface area contributed by atoms with E-state index in [1.807, 2.05) is 0 Å². The van der Waals surface area contributed by atoms with Crippen molar-refractivity contribution in [2.24, 2.45) is 0 Å². The quantitative estimate of drug-likeness (QED) is 0.240. The van der Waals surface area contributed by atoms with Crippen LogP contribution in [0.3, 0.4) is 0 Å². The fourth-order valence-corrected chi connectivity index (χ4v) is 2.61. The van der Waals surface area contributed by atoms with E-state index in [0.717, 1.165) is 19.3 Å². The molecular weight excluding hydrogens is 327 g/mol. The van der Waals surface area contributed by atoms with Crippen LogP contribution in [0, 0.1) is 0 Å². The molecule has 0 fully saturated rings. The number of hydrogen-bond acceptors (Lipinski definition) is 5. The molecule has 0 amide bonds. The van der Waals surface area contributed by atoms with Gasteiger partial charge in [-0.25, -0.2) is 0 Å². The van der Waals surface area contributed by atoms with Gasteiger partial charge in [0, 0.05) is 6.42 Å². The number of rotatable bonds is 16. The Hall–Kier alpha value is 0.250. The molecule has 0 spiro atoms. The van der Waals surface area contributed by atoms with Crippen molar-refractivity contribution in [1.82, 2.24) is 0 Å². The minimum absolute atomic E-state index is 0. The molecule has 0 saturated heterocycles. The van der Waals surface area contributed by atoms with Gasteiger partial charge in [0.05, 0.1) is 0 Å². The van der Waals surface area contributed by atoms with Crippen LogP contribution in [0.25, 0.3) is 0 Å². The summed E-state index contributed by atoms with van der Waals surface area (Å²) in [5.41, 5.74) is 0. The van der Waals surface area contributed by atoms with Crippen LogP contribution in [0.2, 0.25) is 0 Å². The first-order chi connectivity index (χ1) is 10.7. The molecule has 0 aromatic carbocycles. The summed E-state index contributed by atoms with van der Waals surface area (Å²) in [6.45, 7) is 1.89. The normalized spacial score (nSPS) is 11.5. The SMILES string of the molecule is CCCCCCCCCCCCCC(=O)OS(=O)OCC=O.[NaH]. The second kappa shape index (κ2) is 20.3. The van der Waals surface area contributed by atoms with Gasteiger partial charge in [0.25, 0.3) is 0 Å². The minimum atomic E-state index is -2.15. The van der Waals surface area contributed by atoms with Crippen LogP contribution in [0.1, 0.15) is 84.0 Å². The predicted molar refractivity (Wildman–Crippen MR) is 94.5 cm³/mol. The Morgan fingerprint density at radius 3 is 1.87 bits per heavy atom. The molecule has 0 bridgehead atoms. The van der Waals surface area contributed by atoms with Crippen LogP contribution in [0.15, 0.2) is 0 Å². The fourth-order valence-electron chi connectivity index (χ4n) is 2.16. The second-order valence-corrected chi connectivity index (χ2v) is 6.21. The zero-order valence-corrected chi connectivity index (χ0v) is 14.5. The van der Waals surface area contributed by atoms with Crippen molar-refractivity contribution < 1.29 is 22.2 Å². The summed E-state index contributed by atoms with van der Waals surface area (Å²) < 4.78 is 19.9. The van der Waals surface area contributed by atoms with E-state index in [-0.39, 0.29) is 42.6 Å². The Morgan fingerprint density at radius 1 is 0.913 bits per heavy atom. The Morgan fingerprint density at radius 2 is 1.39 bits per heavy atom. The molecule has 0 aliphatic rings. The third kappa shape index (κ3) is 20.2. The summed E-state index contributed by atoms with van der Waals surface area (Å²) in [6, 6.07) is 0. The molecule has 132 valence electrons. The van der Waals surface area contributed by atoms with Gasteiger partial charge in [-0.05, 0) is 6.42 Å². The first kappa shape index (κ1) is 25.5. The van der Waals surface area contributed by atoms with E-state index >= 15 is 0 Å². The predicted octanol–water partition coefficient (Wildman–Crippen LogP) is 3.38. The van der Waals surface area contributed by atoms with Crippen molar-refractivity contribution in [3.05, 3.63) is 0 Å². The molecule has 0 aromatic rings. The Kier molecular flexibility index (Phi) is 22.5. The standard InChI is InChI=1S/C16H30O5S.Na.H/c1-2-3-4-5-6-7-8-9-10-11-12-13-16(18)21-22(19)20-15-14-17;;/h14H,2-13,15H2,1H3;;. The zero-order valence-electron chi connectivity index (χ0n) is 13.7. The monoisotopic (exact) mass is 358 g/mol. The van der Waals surface area contributed by atoms with Crippen molar-refractivity contribution >= 4 is 53.2 Å². The van der Waals surface area contributed by atoms with E-state index in [0.29, 0.717) is 6.29 Å². The average molecular weight is 358 g/mol. The third-order valence-electron chi connectivity index (χ3n) is 3.38. The number of hydrogen-bond donors (Lipinski definition) is 0. The molecule has 0 aliphatic carbocycles. The van der Waals surface area contributed by atoms with Gasteiger partial charge in [-0.15, -0.1) is 0 Å². The van der Waals surface area contributed by atoms with Crippen LogP contribution < -0.4 is 0 Å². The molecule has 0 aromatic heterocycles. The first-order valence-corrected chi connectivity index (χ1v) is 9.40. The molecule has 0 radical (unpaired) electrons. The van der Waals surface area contributed by atoms with Gasteiger partial charge in [-0.2, -0.15) is 4.21 Å². The van der Waals surface area contributed by atoms with Crippen LogP contribution >= 0.6 is 0 Å². The Labute approximate surface area is 165 Å². The zero-order chi connectivity index (χ0) is 16.5. The summed E-state index contributed by atoms with van der Waals surface area (Å²) in [5, 5.41) is 0. The topological polar surface area (TPSA) is 69.7 Å². The molecule has 0 rings (SSSR count). The van der Waals surface area contributed by atoms with Crippen molar-refractivity contribution in [1.29, 1.82) is 0 Å². The molecule has 5 nitrogen and oxygen atoms in total. The van der Waals surface area contributed by atoms with Gasteiger partial charge in [0.2, 0.25) is 0 Å². The number of aldehydes is 1. The molecule has 0 saturated carbocycles. The van der Waals surface area contributed by atoms with E-state index in [9.17, 15) is 13.8 Å². The van der Waals surface area contributed by atoms with Gasteiger partial charge in [0.15, 0.2) is 0 Å². The van der Waals surface area contributed by atoms with Gasteiger partial charge < -0.3 is 8.98 Å². The summed E-state index contributed by atoms with van der Waals surface area (Å²) in [6.07, 6.45) is 14.0. The molecule has 0 heterocycles. The van der Waals surface area contributed by atoms with Crippen molar-refractivity contribution in [2.75, 3.05) is 6.61 Å². The van der Waals surface area contributed by atoms with Crippen molar-refractivity contribution in [3.63, 3.8) is 0 Å². The summed E-state index contributed by atoms with van der Waals surface area (Å²) in [7, 11) is 0. The maximum atomic E-state index is 11.3. The van der Waals surface area contributed by atoms with Gasteiger partial charge in [-0.3, -0.25) is 8.98 Å². The van der Waals surface area contributed by atoms with E-state index in [1.165, 1.54) is 51.4 Å². The molecule has 0 N–H and O–H groups in total. The van der Waals surface area contributed by atoms with Crippen molar-refractivity contribution in [2.45, 2.75) is 84.0 Å². The molecule has 0 aliphatic heterocycles. The second-order valence-electron chi connectivity index (χ2n) is 5.40. The van der Waals surface area contributed by atoms with E-state index in [4.69, 9.17) is 0 Å². The molecule has 1 atom stereocenters. The van der Waals surface area contributed by atoms with Gasteiger partial charge in [-0.1, -0.05) is 71.1 Å². The summed E-state index contributed by atoms with van der Waals surface area (Å²) in [5.74, 6) is -0.542. The molecular formula is C16H31NaO5S. The van der Waals surface area contributed by atoms with E-state index < -0.39 is 17.3 Å². The summed E-state index contributed by atoms with van der Waals surface area (Å²) >= 11 is -2.15. The van der Waals surface area contributed by atoms with E-state index in [1.54, 1.807) is 0 Å². The molecule has 23 heavy (non-hydrogen) atoms. The van der Waals surface area contributed by atoms with Crippen LogP contribution in [0.4, 0.5) is 0 Å². The number of carbonyl (C=O) groups excluding carboxylic acids is 2. The van der Waals surface area contributed by atoms with Crippen molar-refractivity contribution in [3.8, 4) is 0 Å². The Bertz CT molecular complexity index is 313. The third-order valence-corrected chi connectivity index (χ3v) is 4.03. The van der Waals surface area contributed by atoms with Gasteiger partial charge >= 0.3 is 46.9 Å². The molecule has 7 heteroatoms. The molecule has 1 unspecified atom stereocenters. The fraction of sp³-hybridized carbons (Fsp3) is 0.875. The van der Waals surface area contributed by atoms with Crippen LogP contribution in [-0.4, -0.2) is 52.6 Å². The Balaban J connectivity index is 0. The van der Waals surface area contributed by atoms with Crippen LogP contribution in [0.5, 0.6) is 0 Å².